The van der Waals surface area contributed by atoms with Crippen molar-refractivity contribution in [1.29, 1.82) is 0 Å². The molecule has 3 N–H and O–H groups in total. The minimum atomic E-state index is -0.280. The molecule has 1 aromatic carbocycles. The third-order valence-electron chi connectivity index (χ3n) is 4.43. The number of morpholine rings is 1. The van der Waals surface area contributed by atoms with Gasteiger partial charge in [-0.2, -0.15) is 0 Å². The van der Waals surface area contributed by atoms with Gasteiger partial charge in [-0.25, -0.2) is 4.99 Å². The number of nitrogens with zero attached hydrogens (tertiary/aromatic N) is 2. The monoisotopic (exact) mass is 433 g/mol. The molecule has 1 amide bonds. The maximum absolute atomic E-state index is 12.2. The third-order valence-corrected chi connectivity index (χ3v) is 4.43. The summed E-state index contributed by atoms with van der Waals surface area (Å²) in [6.45, 7) is 15.3. The van der Waals surface area contributed by atoms with Crippen LogP contribution in [0.2, 0.25) is 0 Å². The molecular formula is C23H39N5O3. The highest BCUT2D eigenvalue weighted by Crippen LogP contribution is 2.16. The van der Waals surface area contributed by atoms with E-state index in [1.54, 1.807) is 0 Å². The van der Waals surface area contributed by atoms with Gasteiger partial charge in [0.15, 0.2) is 5.96 Å². The molecule has 1 aliphatic rings. The van der Waals surface area contributed by atoms with Crippen LogP contribution in [0.5, 0.6) is 5.75 Å². The van der Waals surface area contributed by atoms with Crippen molar-refractivity contribution in [1.82, 2.24) is 15.5 Å². The number of carbonyl (C=O) groups excluding carboxylic acids is 1. The van der Waals surface area contributed by atoms with Gasteiger partial charge in [-0.1, -0.05) is 0 Å². The van der Waals surface area contributed by atoms with Crippen LogP contribution in [0.15, 0.2) is 29.3 Å². The minimum Gasteiger partial charge on any atom is -0.491 e. The molecular weight excluding hydrogens is 394 g/mol. The maximum Gasteiger partial charge on any atom is 0.242 e. The number of aliphatic imine (C=N–C) groups is 1. The van der Waals surface area contributed by atoms with Crippen molar-refractivity contribution >= 4 is 17.6 Å². The van der Waals surface area contributed by atoms with E-state index in [4.69, 9.17) is 9.47 Å². The minimum absolute atomic E-state index is 0.0601. The largest absolute Gasteiger partial charge is 0.491 e. The molecule has 2 rings (SSSR count). The molecule has 0 saturated carbocycles. The van der Waals surface area contributed by atoms with Gasteiger partial charge in [-0.05, 0) is 71.8 Å². The van der Waals surface area contributed by atoms with E-state index in [0.717, 1.165) is 57.3 Å². The van der Waals surface area contributed by atoms with Gasteiger partial charge >= 0.3 is 0 Å². The smallest absolute Gasteiger partial charge is 0.242 e. The van der Waals surface area contributed by atoms with E-state index in [0.29, 0.717) is 5.96 Å². The van der Waals surface area contributed by atoms with Gasteiger partial charge in [0.2, 0.25) is 5.91 Å². The van der Waals surface area contributed by atoms with Crippen LogP contribution in [0.25, 0.3) is 0 Å². The van der Waals surface area contributed by atoms with Crippen molar-refractivity contribution in [3.05, 3.63) is 24.3 Å². The fraction of sp³-hybridized carbons (Fsp3) is 0.652. The van der Waals surface area contributed by atoms with Crippen molar-refractivity contribution in [2.24, 2.45) is 4.99 Å². The highest BCUT2D eigenvalue weighted by molar-refractivity contribution is 5.95. The Kier molecular flexibility index (Phi) is 10.1. The maximum atomic E-state index is 12.2. The highest BCUT2D eigenvalue weighted by atomic mass is 16.5. The molecule has 0 unspecified atom stereocenters. The first-order chi connectivity index (χ1) is 14.7. The molecule has 1 saturated heterocycles. The van der Waals surface area contributed by atoms with Gasteiger partial charge in [0.05, 0.1) is 19.3 Å². The number of hydrogen-bond donors (Lipinski definition) is 3. The van der Waals surface area contributed by atoms with E-state index in [1.807, 2.05) is 58.9 Å². The topological polar surface area (TPSA) is 87.2 Å². The number of hydrogen-bond acceptors (Lipinski definition) is 5. The van der Waals surface area contributed by atoms with E-state index in [9.17, 15) is 4.79 Å². The molecule has 8 nitrogen and oxygen atoms in total. The van der Waals surface area contributed by atoms with E-state index >= 15 is 0 Å². The average molecular weight is 434 g/mol. The molecule has 1 aliphatic heterocycles. The number of amides is 1. The fourth-order valence-electron chi connectivity index (χ4n) is 3.11. The van der Waals surface area contributed by atoms with Gasteiger partial charge in [0, 0.05) is 30.9 Å². The first kappa shape index (κ1) is 24.9. The molecule has 0 atom stereocenters. The second-order valence-electron chi connectivity index (χ2n) is 9.01. The van der Waals surface area contributed by atoms with Crippen molar-refractivity contribution in [2.45, 2.75) is 52.7 Å². The number of ether oxygens (including phenoxy) is 2. The summed E-state index contributed by atoms with van der Waals surface area (Å²) in [5.41, 5.74) is 0.602. The molecule has 1 heterocycles. The second-order valence-corrected chi connectivity index (χ2v) is 9.01. The predicted octanol–water partition coefficient (Wildman–Crippen LogP) is 2.47. The summed E-state index contributed by atoms with van der Waals surface area (Å²) in [7, 11) is 0. The van der Waals surface area contributed by atoms with Gasteiger partial charge < -0.3 is 25.4 Å². The number of carbonyl (C=O) groups is 1. The van der Waals surface area contributed by atoms with Crippen LogP contribution in [0.3, 0.4) is 0 Å². The molecule has 1 fully saturated rings. The SMILES string of the molecule is CC(C)Oc1ccc(NC(=NCC(=O)NC(C)(C)C)NCCCN2CCOCC2)cc1. The number of anilines is 1. The predicted molar refractivity (Wildman–Crippen MR) is 126 cm³/mol. The zero-order valence-electron chi connectivity index (χ0n) is 19.7. The molecule has 174 valence electrons. The summed E-state index contributed by atoms with van der Waals surface area (Å²) in [5, 5.41) is 9.57. The molecule has 1 aromatic rings. The number of benzene rings is 1. The van der Waals surface area contributed by atoms with Gasteiger partial charge in [0.25, 0.3) is 0 Å². The van der Waals surface area contributed by atoms with Crippen LogP contribution in [0.4, 0.5) is 5.69 Å². The Morgan fingerprint density at radius 3 is 2.48 bits per heavy atom. The summed E-state index contributed by atoms with van der Waals surface area (Å²) < 4.78 is 11.1. The molecule has 8 heteroatoms. The number of rotatable bonds is 9. The Hall–Kier alpha value is -2.32. The van der Waals surface area contributed by atoms with Crippen LogP contribution in [0, 0.1) is 0 Å². The van der Waals surface area contributed by atoms with Crippen molar-refractivity contribution in [3.63, 3.8) is 0 Å². The van der Waals surface area contributed by atoms with E-state index in [1.165, 1.54) is 0 Å². The van der Waals surface area contributed by atoms with Crippen LogP contribution in [-0.4, -0.2) is 74.3 Å². The van der Waals surface area contributed by atoms with E-state index < -0.39 is 0 Å². The normalized spacial score (nSPS) is 15.6. The van der Waals surface area contributed by atoms with Crippen LogP contribution in [-0.2, 0) is 9.53 Å². The Labute approximate surface area is 186 Å². The van der Waals surface area contributed by atoms with Gasteiger partial charge in [-0.3, -0.25) is 9.69 Å². The lowest BCUT2D eigenvalue weighted by molar-refractivity contribution is -0.121. The Bertz CT molecular complexity index is 692. The van der Waals surface area contributed by atoms with Crippen LogP contribution < -0.4 is 20.7 Å². The molecule has 0 bridgehead atoms. The quantitative estimate of drug-likeness (QED) is 0.315. The molecule has 0 aliphatic carbocycles. The number of nitrogens with one attached hydrogen (secondary N) is 3. The second kappa shape index (κ2) is 12.5. The molecule has 0 radical (unpaired) electrons. The Morgan fingerprint density at radius 1 is 1.19 bits per heavy atom. The van der Waals surface area contributed by atoms with Crippen LogP contribution in [0.1, 0.15) is 41.0 Å². The van der Waals surface area contributed by atoms with E-state index in [2.05, 4.69) is 25.8 Å². The van der Waals surface area contributed by atoms with Gasteiger partial charge in [-0.15, -0.1) is 0 Å². The summed E-state index contributed by atoms with van der Waals surface area (Å²) >= 11 is 0. The third kappa shape index (κ3) is 11.0. The number of guanidine groups is 1. The summed E-state index contributed by atoms with van der Waals surface area (Å²) in [4.78, 5) is 19.1. The zero-order valence-corrected chi connectivity index (χ0v) is 19.7. The summed E-state index contributed by atoms with van der Waals surface area (Å²) in [6.07, 6.45) is 1.11. The molecule has 0 spiro atoms. The standard InChI is InChI=1S/C23H39N5O3/c1-18(2)31-20-9-7-19(8-10-20)26-22(25-17-21(29)27-23(3,4)5)24-11-6-12-28-13-15-30-16-14-28/h7-10,18H,6,11-17H2,1-5H3,(H,27,29)(H2,24,25,26). The first-order valence-electron chi connectivity index (χ1n) is 11.1. The lowest BCUT2D eigenvalue weighted by Crippen LogP contribution is -2.42. The lowest BCUT2D eigenvalue weighted by atomic mass is 10.1. The summed E-state index contributed by atoms with van der Waals surface area (Å²) in [6, 6.07) is 7.73. The van der Waals surface area contributed by atoms with E-state index in [-0.39, 0.29) is 24.1 Å². The molecule has 31 heavy (non-hydrogen) atoms. The highest BCUT2D eigenvalue weighted by Gasteiger charge is 2.14. The van der Waals surface area contributed by atoms with Crippen LogP contribution >= 0.6 is 0 Å². The average Bonchev–Trinajstić information content (AvgIpc) is 2.69. The Balaban J connectivity index is 1.92. The first-order valence-corrected chi connectivity index (χ1v) is 11.1. The molecule has 0 aromatic heterocycles. The van der Waals surface area contributed by atoms with Crippen molar-refractivity contribution in [3.8, 4) is 5.75 Å². The summed E-state index contributed by atoms with van der Waals surface area (Å²) in [5.74, 6) is 1.30. The Morgan fingerprint density at radius 2 is 1.87 bits per heavy atom. The van der Waals surface area contributed by atoms with Crippen molar-refractivity contribution < 1.29 is 14.3 Å². The van der Waals surface area contributed by atoms with Gasteiger partial charge in [0.1, 0.15) is 12.3 Å². The fourth-order valence-corrected chi connectivity index (χ4v) is 3.11. The lowest BCUT2D eigenvalue weighted by Gasteiger charge is -2.26. The zero-order chi connectivity index (χ0) is 22.7. The van der Waals surface area contributed by atoms with Crippen molar-refractivity contribution in [2.75, 3.05) is 51.3 Å².